The van der Waals surface area contributed by atoms with Gasteiger partial charge in [-0.2, -0.15) is 0 Å². The lowest BCUT2D eigenvalue weighted by Gasteiger charge is -2.21. The summed E-state index contributed by atoms with van der Waals surface area (Å²) in [6.07, 6.45) is 0. The van der Waals surface area contributed by atoms with Gasteiger partial charge in [-0.15, -0.1) is 0 Å². The lowest BCUT2D eigenvalue weighted by atomic mass is 10.1. The van der Waals surface area contributed by atoms with E-state index in [-0.39, 0.29) is 17.3 Å². The molecule has 0 aliphatic rings. The molecule has 6 heteroatoms. The summed E-state index contributed by atoms with van der Waals surface area (Å²) in [6.45, 7) is 5.29. The SMILES string of the molecule is CC(C)(C)n1c(=O)[nH]c(CN)c(Cl)c1=O. The molecule has 15 heavy (non-hydrogen) atoms. The molecule has 0 aromatic carbocycles. The fourth-order valence-corrected chi connectivity index (χ4v) is 1.52. The van der Waals surface area contributed by atoms with E-state index in [9.17, 15) is 9.59 Å². The lowest BCUT2D eigenvalue weighted by Crippen LogP contribution is -2.45. The molecule has 1 aromatic rings. The Morgan fingerprint density at radius 1 is 1.40 bits per heavy atom. The fraction of sp³-hybridized carbons (Fsp3) is 0.556. The van der Waals surface area contributed by atoms with Crippen molar-refractivity contribution in [1.82, 2.24) is 9.55 Å². The molecule has 0 saturated heterocycles. The first-order chi connectivity index (χ1) is 6.79. The van der Waals surface area contributed by atoms with Crippen molar-refractivity contribution in [3.05, 3.63) is 31.6 Å². The van der Waals surface area contributed by atoms with Crippen molar-refractivity contribution in [2.24, 2.45) is 5.73 Å². The van der Waals surface area contributed by atoms with Gasteiger partial charge in [0.25, 0.3) is 5.56 Å². The Bertz CT molecular complexity index is 482. The molecule has 0 unspecified atom stereocenters. The van der Waals surface area contributed by atoms with E-state index >= 15 is 0 Å². The molecule has 0 saturated carbocycles. The predicted molar refractivity (Wildman–Crippen MR) is 59.2 cm³/mol. The molecule has 0 bridgehead atoms. The highest BCUT2D eigenvalue weighted by molar-refractivity contribution is 6.31. The summed E-state index contributed by atoms with van der Waals surface area (Å²) in [5.41, 5.74) is 4.01. The van der Waals surface area contributed by atoms with E-state index in [1.807, 2.05) is 0 Å². The predicted octanol–water partition coefficient (Wildman–Crippen LogP) is 0.404. The van der Waals surface area contributed by atoms with Gasteiger partial charge in [0, 0.05) is 12.1 Å². The fourth-order valence-electron chi connectivity index (χ4n) is 1.31. The molecule has 1 rings (SSSR count). The van der Waals surface area contributed by atoms with E-state index in [0.29, 0.717) is 0 Å². The van der Waals surface area contributed by atoms with Crippen LogP contribution in [-0.2, 0) is 12.1 Å². The quantitative estimate of drug-likeness (QED) is 0.734. The van der Waals surface area contributed by atoms with Crippen molar-refractivity contribution >= 4 is 11.6 Å². The van der Waals surface area contributed by atoms with E-state index in [1.54, 1.807) is 20.8 Å². The van der Waals surface area contributed by atoms with Crippen LogP contribution in [0.3, 0.4) is 0 Å². The van der Waals surface area contributed by atoms with Crippen molar-refractivity contribution in [1.29, 1.82) is 0 Å². The van der Waals surface area contributed by atoms with E-state index in [2.05, 4.69) is 4.98 Å². The van der Waals surface area contributed by atoms with Crippen LogP contribution in [0.25, 0.3) is 0 Å². The van der Waals surface area contributed by atoms with E-state index < -0.39 is 16.8 Å². The Hall–Kier alpha value is -1.07. The number of nitrogens with zero attached hydrogens (tertiary/aromatic N) is 1. The summed E-state index contributed by atoms with van der Waals surface area (Å²) < 4.78 is 1.08. The molecule has 0 radical (unpaired) electrons. The van der Waals surface area contributed by atoms with Gasteiger partial charge < -0.3 is 10.7 Å². The monoisotopic (exact) mass is 231 g/mol. The van der Waals surface area contributed by atoms with Gasteiger partial charge in [0.2, 0.25) is 0 Å². The summed E-state index contributed by atoms with van der Waals surface area (Å²) in [4.78, 5) is 25.9. The Balaban J connectivity index is 3.66. The minimum absolute atomic E-state index is 0.0213. The maximum Gasteiger partial charge on any atom is 0.329 e. The molecule has 0 atom stereocenters. The standard InChI is InChI=1S/C9H14ClN3O2/c1-9(2,3)13-7(14)6(10)5(4-11)12-8(13)15/h4,11H2,1-3H3,(H,12,15). The van der Waals surface area contributed by atoms with Gasteiger partial charge in [0.15, 0.2) is 0 Å². The second-order valence-electron chi connectivity index (χ2n) is 4.24. The van der Waals surface area contributed by atoms with Crippen LogP contribution in [0.15, 0.2) is 9.59 Å². The van der Waals surface area contributed by atoms with Crippen molar-refractivity contribution in [3.8, 4) is 0 Å². The van der Waals surface area contributed by atoms with Gasteiger partial charge in [-0.05, 0) is 20.8 Å². The molecule has 5 nitrogen and oxygen atoms in total. The lowest BCUT2D eigenvalue weighted by molar-refractivity contribution is 0.365. The van der Waals surface area contributed by atoms with Gasteiger partial charge in [-0.3, -0.25) is 9.36 Å². The van der Waals surface area contributed by atoms with Gasteiger partial charge in [0.1, 0.15) is 5.02 Å². The largest absolute Gasteiger partial charge is 0.329 e. The first-order valence-electron chi connectivity index (χ1n) is 4.53. The molecule has 1 aromatic heterocycles. The zero-order valence-electron chi connectivity index (χ0n) is 8.93. The average Bonchev–Trinajstić information content (AvgIpc) is 2.09. The van der Waals surface area contributed by atoms with Crippen molar-refractivity contribution in [3.63, 3.8) is 0 Å². The van der Waals surface area contributed by atoms with Gasteiger partial charge in [-0.25, -0.2) is 4.79 Å². The molecular formula is C9H14ClN3O2. The number of halogens is 1. The van der Waals surface area contributed by atoms with E-state index in [0.717, 1.165) is 4.57 Å². The zero-order chi connectivity index (χ0) is 11.8. The number of hydrogen-bond acceptors (Lipinski definition) is 3. The molecule has 0 aliphatic heterocycles. The van der Waals surface area contributed by atoms with Crippen LogP contribution < -0.4 is 17.0 Å². The Morgan fingerprint density at radius 3 is 2.33 bits per heavy atom. The number of H-pyrrole nitrogens is 1. The first-order valence-corrected chi connectivity index (χ1v) is 4.91. The summed E-state index contributed by atoms with van der Waals surface area (Å²) in [5.74, 6) is 0. The van der Waals surface area contributed by atoms with Gasteiger partial charge in [0.05, 0.1) is 5.69 Å². The van der Waals surface area contributed by atoms with Crippen molar-refractivity contribution in [2.45, 2.75) is 32.9 Å². The van der Waals surface area contributed by atoms with Gasteiger partial charge >= 0.3 is 5.69 Å². The average molecular weight is 232 g/mol. The van der Waals surface area contributed by atoms with E-state index in [1.165, 1.54) is 0 Å². The van der Waals surface area contributed by atoms with Crippen LogP contribution in [0, 0.1) is 0 Å². The second kappa shape index (κ2) is 3.83. The summed E-state index contributed by atoms with van der Waals surface area (Å²) in [6, 6.07) is 0. The molecule has 0 amide bonds. The summed E-state index contributed by atoms with van der Waals surface area (Å²) in [7, 11) is 0. The molecular weight excluding hydrogens is 218 g/mol. The number of aromatic nitrogens is 2. The Morgan fingerprint density at radius 2 is 1.93 bits per heavy atom. The van der Waals surface area contributed by atoms with Crippen molar-refractivity contribution in [2.75, 3.05) is 0 Å². The maximum atomic E-state index is 11.8. The number of nitrogens with one attached hydrogen (secondary N) is 1. The summed E-state index contributed by atoms with van der Waals surface area (Å²) >= 11 is 5.79. The Labute approximate surface area is 91.9 Å². The second-order valence-corrected chi connectivity index (χ2v) is 4.62. The third-order valence-electron chi connectivity index (χ3n) is 1.99. The minimum Gasteiger partial charge on any atom is -0.325 e. The number of rotatable bonds is 1. The third-order valence-corrected chi connectivity index (χ3v) is 2.38. The molecule has 3 N–H and O–H groups in total. The van der Waals surface area contributed by atoms with Crippen LogP contribution in [-0.4, -0.2) is 9.55 Å². The maximum absolute atomic E-state index is 11.8. The molecule has 84 valence electrons. The topological polar surface area (TPSA) is 80.9 Å². The molecule has 0 aliphatic carbocycles. The highest BCUT2D eigenvalue weighted by Crippen LogP contribution is 2.11. The van der Waals surface area contributed by atoms with Crippen LogP contribution in [0.4, 0.5) is 0 Å². The van der Waals surface area contributed by atoms with Crippen LogP contribution in [0.5, 0.6) is 0 Å². The zero-order valence-corrected chi connectivity index (χ0v) is 9.68. The summed E-state index contributed by atoms with van der Waals surface area (Å²) in [5, 5.41) is -0.0213. The normalized spacial score (nSPS) is 11.8. The number of hydrogen-bond donors (Lipinski definition) is 2. The number of nitrogens with two attached hydrogens (primary N) is 1. The van der Waals surface area contributed by atoms with Crippen molar-refractivity contribution < 1.29 is 0 Å². The van der Waals surface area contributed by atoms with E-state index in [4.69, 9.17) is 17.3 Å². The Kier molecular flexibility index (Phi) is 3.06. The van der Waals surface area contributed by atoms with Crippen LogP contribution >= 0.6 is 11.6 Å². The smallest absolute Gasteiger partial charge is 0.325 e. The van der Waals surface area contributed by atoms with Crippen LogP contribution in [0.2, 0.25) is 5.02 Å². The molecule has 1 heterocycles. The highest BCUT2D eigenvalue weighted by atomic mass is 35.5. The van der Waals surface area contributed by atoms with Crippen LogP contribution in [0.1, 0.15) is 26.5 Å². The highest BCUT2D eigenvalue weighted by Gasteiger charge is 2.21. The number of aromatic amines is 1. The third kappa shape index (κ3) is 2.13. The van der Waals surface area contributed by atoms with Gasteiger partial charge in [-0.1, -0.05) is 11.6 Å². The molecule has 0 spiro atoms. The minimum atomic E-state index is -0.610. The first kappa shape index (κ1) is 12.0. The molecule has 0 fully saturated rings.